The lowest BCUT2D eigenvalue weighted by atomic mass is 10.0. The van der Waals surface area contributed by atoms with Crippen LogP contribution in [0, 0.1) is 0 Å². The number of carbonyl (C=O) groups excluding carboxylic acids is 5. The first-order valence-electron chi connectivity index (χ1n) is 19.0. The second-order valence-corrected chi connectivity index (χ2v) is 15.6. The number of amides is 5. The fourth-order valence-electron chi connectivity index (χ4n) is 5.05. The van der Waals surface area contributed by atoms with Gasteiger partial charge in [-0.1, -0.05) is 24.3 Å². The van der Waals surface area contributed by atoms with Gasteiger partial charge < -0.3 is 70.7 Å². The molecule has 2 aromatic rings. The van der Waals surface area contributed by atoms with E-state index in [9.17, 15) is 29.1 Å². The van der Waals surface area contributed by atoms with E-state index >= 15 is 0 Å². The summed E-state index contributed by atoms with van der Waals surface area (Å²) in [4.78, 5) is 68.6. The van der Waals surface area contributed by atoms with E-state index in [4.69, 9.17) is 49.6 Å². The molecule has 0 aromatic heterocycles. The summed E-state index contributed by atoms with van der Waals surface area (Å²) < 4.78 is 11.1. The Bertz CT molecular complexity index is 1720. The van der Waals surface area contributed by atoms with Gasteiger partial charge in [0.25, 0.3) is 0 Å². The number of phenols is 1. The molecule has 4 unspecified atom stereocenters. The molecule has 0 aliphatic heterocycles. The van der Waals surface area contributed by atoms with Gasteiger partial charge in [-0.25, -0.2) is 4.79 Å². The molecule has 0 aliphatic carbocycles. The second-order valence-electron chi connectivity index (χ2n) is 15.6. The van der Waals surface area contributed by atoms with Gasteiger partial charge in [-0.2, -0.15) is 0 Å². The number of aliphatic imine (C=N–C) groups is 2. The Balaban J connectivity index is 0.00000122. The molecule has 60 heavy (non-hydrogen) atoms. The Morgan fingerprint density at radius 1 is 0.633 bits per heavy atom. The number of aromatic hydroxyl groups is 1. The topological polar surface area (TPSA) is 367 Å². The molecule has 336 valence electrons. The van der Waals surface area contributed by atoms with Crippen LogP contribution in [0.4, 0.5) is 4.79 Å². The van der Waals surface area contributed by atoms with Crippen molar-refractivity contribution in [1.29, 1.82) is 0 Å². The van der Waals surface area contributed by atoms with Crippen molar-refractivity contribution in [2.75, 3.05) is 13.1 Å². The van der Waals surface area contributed by atoms with Gasteiger partial charge in [0.05, 0.1) is 6.04 Å². The van der Waals surface area contributed by atoms with E-state index in [0.29, 0.717) is 31.6 Å². The van der Waals surface area contributed by atoms with Crippen LogP contribution in [-0.4, -0.2) is 95.2 Å². The van der Waals surface area contributed by atoms with Gasteiger partial charge in [-0.3, -0.25) is 29.2 Å². The predicted octanol–water partition coefficient (Wildman–Crippen LogP) is 0.0309. The Morgan fingerprint density at radius 2 is 1.07 bits per heavy atom. The van der Waals surface area contributed by atoms with E-state index in [1.54, 1.807) is 57.2 Å². The first kappa shape index (κ1) is 54.0. The van der Waals surface area contributed by atoms with E-state index in [0.717, 1.165) is 11.1 Å². The smallest absolute Gasteiger partial charge is 0.408 e. The van der Waals surface area contributed by atoms with Crippen molar-refractivity contribution in [2.24, 2.45) is 50.1 Å². The van der Waals surface area contributed by atoms with Gasteiger partial charge in [0, 0.05) is 19.5 Å². The number of benzene rings is 2. The third kappa shape index (κ3) is 24.7. The number of nitrogens with one attached hydrogen (secondary N) is 3. The minimum absolute atomic E-state index is 0. The third-order valence-electron chi connectivity index (χ3n) is 7.73. The van der Waals surface area contributed by atoms with Gasteiger partial charge in [0.1, 0.15) is 40.8 Å². The molecule has 18 N–H and O–H groups in total. The van der Waals surface area contributed by atoms with E-state index in [1.807, 2.05) is 20.8 Å². The molecule has 0 fully saturated rings. The number of carbonyl (C=O) groups is 5. The number of nitrogens with two attached hydrogens (primary N) is 7. The molecule has 0 spiro atoms. The van der Waals surface area contributed by atoms with E-state index < -0.39 is 59.5 Å². The molecule has 0 saturated heterocycles. The monoisotopic (exact) mass is 864 g/mol. The zero-order valence-electron chi connectivity index (χ0n) is 35.2. The Kier molecular flexibility index (Phi) is 23.5. The highest BCUT2D eigenvalue weighted by atomic mass is 35.5. The van der Waals surface area contributed by atoms with Gasteiger partial charge in [-0.05, 0) is 109 Å². The lowest BCUT2D eigenvalue weighted by Crippen LogP contribution is -2.54. The van der Waals surface area contributed by atoms with Crippen LogP contribution in [0.15, 0.2) is 58.5 Å². The lowest BCUT2D eigenvalue weighted by Gasteiger charge is -2.25. The van der Waals surface area contributed by atoms with Crippen molar-refractivity contribution in [2.45, 2.75) is 115 Å². The zero-order valence-corrected chi connectivity index (χ0v) is 36.1. The molecule has 0 bridgehead atoms. The van der Waals surface area contributed by atoms with Gasteiger partial charge in [-0.15, -0.1) is 12.4 Å². The molecule has 21 heteroatoms. The third-order valence-corrected chi connectivity index (χ3v) is 7.73. The van der Waals surface area contributed by atoms with E-state index in [2.05, 4.69) is 25.9 Å². The Morgan fingerprint density at radius 3 is 1.48 bits per heavy atom. The van der Waals surface area contributed by atoms with Crippen molar-refractivity contribution < 1.29 is 38.6 Å². The highest BCUT2D eigenvalue weighted by Gasteiger charge is 2.28. The zero-order chi connectivity index (χ0) is 44.9. The van der Waals surface area contributed by atoms with Crippen molar-refractivity contribution in [3.63, 3.8) is 0 Å². The van der Waals surface area contributed by atoms with Crippen LogP contribution in [0.3, 0.4) is 0 Å². The number of primary amides is 2. The maximum Gasteiger partial charge on any atom is 0.408 e. The van der Waals surface area contributed by atoms with Crippen molar-refractivity contribution in [3.8, 4) is 11.5 Å². The van der Waals surface area contributed by atoms with Crippen molar-refractivity contribution >= 4 is 54.0 Å². The quantitative estimate of drug-likeness (QED) is 0.0476. The molecule has 0 saturated carbocycles. The van der Waals surface area contributed by atoms with Crippen LogP contribution >= 0.6 is 12.4 Å². The maximum absolute atomic E-state index is 13.1. The highest BCUT2D eigenvalue weighted by Crippen LogP contribution is 2.19. The largest absolute Gasteiger partial charge is 0.508 e. The van der Waals surface area contributed by atoms with E-state index in [1.165, 1.54) is 12.1 Å². The van der Waals surface area contributed by atoms with Crippen molar-refractivity contribution in [1.82, 2.24) is 16.0 Å². The molecular weight excluding hydrogens is 800 g/mol. The number of nitrogens with zero attached hydrogens (tertiary/aromatic N) is 2. The van der Waals surface area contributed by atoms with E-state index in [-0.39, 0.29) is 61.5 Å². The fraction of sp³-hybridized carbons (Fsp3) is 0.513. The van der Waals surface area contributed by atoms with Crippen LogP contribution in [0.5, 0.6) is 11.5 Å². The number of phenolic OH excluding ortho intramolecular Hbond substituents is 1. The average Bonchev–Trinajstić information content (AvgIpc) is 3.10. The standard InChI is InChI=1S/C24H40N6O5.C15H24N6O3.ClH/c1-23(2,3)34-16-11-9-15(10-12-16)14-18(30-22(33)35-24(4,5)6)20(32)29-17(19(25)31)8-7-13-28-21(26)27;16-11(8-9-3-5-10(22)6-4-9)14(24)21-12(13(17)23)2-1-7-20-15(18)19;/h9-12,17-18H,7-8,13-14H2,1-6H3,(H2,25,31)(H,29,32)(H,30,33)(H4,26,27,28);3-6,11-12,22H,1-2,7-8,16H2,(H2,17,23)(H,21,24)(H4,18,19,20);1H. The van der Waals surface area contributed by atoms with Crippen LogP contribution in [0.1, 0.15) is 78.4 Å². The minimum atomic E-state index is -1.02. The molecule has 4 atom stereocenters. The molecule has 0 radical (unpaired) electrons. The normalized spacial score (nSPS) is 12.8. The van der Waals surface area contributed by atoms with Crippen LogP contribution in [-0.2, 0) is 36.8 Å². The summed E-state index contributed by atoms with van der Waals surface area (Å²) in [6.07, 6.45) is 1.11. The van der Waals surface area contributed by atoms with Gasteiger partial charge >= 0.3 is 6.09 Å². The van der Waals surface area contributed by atoms with Crippen molar-refractivity contribution in [3.05, 3.63) is 59.7 Å². The second kappa shape index (κ2) is 26.2. The number of alkyl carbamates (subject to hydrolysis) is 1. The number of hydrogen-bond donors (Lipinski definition) is 11. The van der Waals surface area contributed by atoms with Crippen LogP contribution in [0.25, 0.3) is 0 Å². The number of halogens is 1. The lowest BCUT2D eigenvalue weighted by molar-refractivity contribution is -0.128. The Hall–Kier alpha value is -6.02. The molecule has 0 aliphatic rings. The SMILES string of the molecule is CC(C)(C)OC(=O)NC(Cc1ccc(OC(C)(C)C)cc1)C(=O)NC(CCCN=C(N)N)C(N)=O.Cl.NC(=O)C(CCCN=C(N)N)NC(=O)C(N)Cc1ccc(O)cc1. The number of guanidine groups is 2. The summed E-state index contributed by atoms with van der Waals surface area (Å²) >= 11 is 0. The molecule has 5 amide bonds. The first-order valence-corrected chi connectivity index (χ1v) is 19.0. The predicted molar refractivity (Wildman–Crippen MR) is 233 cm³/mol. The molecule has 2 aromatic carbocycles. The van der Waals surface area contributed by atoms with Gasteiger partial charge in [0.15, 0.2) is 11.9 Å². The highest BCUT2D eigenvalue weighted by molar-refractivity contribution is 5.91. The Labute approximate surface area is 357 Å². The molecule has 20 nitrogen and oxygen atoms in total. The maximum atomic E-state index is 13.1. The number of rotatable bonds is 20. The summed E-state index contributed by atoms with van der Waals surface area (Å²) in [5.41, 5.74) is 38.1. The summed E-state index contributed by atoms with van der Waals surface area (Å²) in [7, 11) is 0. The number of ether oxygens (including phenoxy) is 2. The molecule has 2 rings (SSSR count). The summed E-state index contributed by atoms with van der Waals surface area (Å²) in [5.74, 6) is -1.70. The van der Waals surface area contributed by atoms with Crippen LogP contribution in [0.2, 0.25) is 0 Å². The minimum Gasteiger partial charge on any atom is -0.508 e. The van der Waals surface area contributed by atoms with Crippen LogP contribution < -0.4 is 60.8 Å². The van der Waals surface area contributed by atoms with Gasteiger partial charge in [0.2, 0.25) is 23.6 Å². The average molecular weight is 865 g/mol. The first-order chi connectivity index (χ1) is 27.3. The summed E-state index contributed by atoms with van der Waals surface area (Å²) in [5, 5.41) is 17.0. The summed E-state index contributed by atoms with van der Waals surface area (Å²) in [6, 6.07) is 9.90. The fourth-order valence-corrected chi connectivity index (χ4v) is 5.05. The molecule has 0 heterocycles. The summed E-state index contributed by atoms with van der Waals surface area (Å²) in [6.45, 7) is 11.6. The number of hydrogen-bond acceptors (Lipinski definition) is 11. The molecular formula is C39H65ClN12O8.